The Morgan fingerprint density at radius 3 is 2.63 bits per heavy atom. The summed E-state index contributed by atoms with van der Waals surface area (Å²) in [5.41, 5.74) is 1.57. The highest BCUT2D eigenvalue weighted by atomic mass is 19.1. The van der Waals surface area contributed by atoms with Gasteiger partial charge in [0.05, 0.1) is 12.1 Å². The van der Waals surface area contributed by atoms with E-state index in [9.17, 15) is 14.0 Å². The van der Waals surface area contributed by atoms with E-state index in [4.69, 9.17) is 9.47 Å². The molecule has 2 amide bonds. The van der Waals surface area contributed by atoms with Crippen molar-refractivity contribution < 1.29 is 23.5 Å². The number of rotatable bonds is 5. The van der Waals surface area contributed by atoms with E-state index in [1.54, 1.807) is 24.4 Å². The summed E-state index contributed by atoms with van der Waals surface area (Å²) < 4.78 is 24.3. The molecule has 7 nitrogen and oxygen atoms in total. The Morgan fingerprint density at radius 1 is 1.23 bits per heavy atom. The minimum Gasteiger partial charge on any atom is -0.491 e. The highest BCUT2D eigenvalue weighted by Gasteiger charge is 2.35. The van der Waals surface area contributed by atoms with Crippen molar-refractivity contribution in [1.29, 1.82) is 0 Å². The van der Waals surface area contributed by atoms with Gasteiger partial charge in [-0.25, -0.2) is 4.39 Å². The third-order valence-electron chi connectivity index (χ3n) is 5.79. The van der Waals surface area contributed by atoms with Gasteiger partial charge in [0, 0.05) is 31.0 Å². The fourth-order valence-corrected chi connectivity index (χ4v) is 4.05. The van der Waals surface area contributed by atoms with E-state index in [-0.39, 0.29) is 36.4 Å². The summed E-state index contributed by atoms with van der Waals surface area (Å²) in [5.74, 6) is 0.255. The number of H-pyrrole nitrogens is 1. The second kappa shape index (κ2) is 8.87. The van der Waals surface area contributed by atoms with E-state index in [1.165, 1.54) is 12.1 Å². The number of hydrogen-bond acceptors (Lipinski definition) is 4. The van der Waals surface area contributed by atoms with Crippen molar-refractivity contribution in [3.63, 3.8) is 0 Å². The van der Waals surface area contributed by atoms with Crippen LogP contribution in [0.4, 0.5) is 4.39 Å². The maximum absolute atomic E-state index is 13.0. The molecule has 2 aliphatic heterocycles. The molecular formula is C22H26FN3O4. The molecule has 4 rings (SSSR count). The number of halogens is 1. The number of aromatic amines is 1. The van der Waals surface area contributed by atoms with Crippen LogP contribution in [0.3, 0.4) is 0 Å². The molecule has 30 heavy (non-hydrogen) atoms. The molecule has 0 saturated carbocycles. The molecule has 2 aliphatic rings. The SMILES string of the molecule is Cc1[nH]ccc1C(=O)N1CCC(N2CC(COc3ccc(F)cc3)OCC2=O)CC1. The first-order valence-electron chi connectivity index (χ1n) is 10.2. The molecule has 1 N–H and O–H groups in total. The molecule has 1 aromatic heterocycles. The predicted molar refractivity (Wildman–Crippen MR) is 108 cm³/mol. The van der Waals surface area contributed by atoms with Gasteiger partial charge in [-0.05, 0) is 50.1 Å². The van der Waals surface area contributed by atoms with Crippen molar-refractivity contribution in [2.45, 2.75) is 31.9 Å². The fourth-order valence-electron chi connectivity index (χ4n) is 4.05. The molecule has 3 heterocycles. The number of ether oxygens (including phenoxy) is 2. The number of nitrogens with zero attached hydrogens (tertiary/aromatic N) is 2. The van der Waals surface area contributed by atoms with E-state index in [0.717, 1.165) is 18.5 Å². The Hall–Kier alpha value is -2.87. The van der Waals surface area contributed by atoms with Crippen molar-refractivity contribution >= 4 is 11.8 Å². The van der Waals surface area contributed by atoms with Gasteiger partial charge in [0.2, 0.25) is 5.91 Å². The smallest absolute Gasteiger partial charge is 0.255 e. The second-order valence-corrected chi connectivity index (χ2v) is 7.78. The van der Waals surface area contributed by atoms with E-state index in [1.807, 2.05) is 16.7 Å². The highest BCUT2D eigenvalue weighted by Crippen LogP contribution is 2.22. The van der Waals surface area contributed by atoms with Gasteiger partial charge >= 0.3 is 0 Å². The zero-order chi connectivity index (χ0) is 21.1. The molecule has 1 unspecified atom stereocenters. The Balaban J connectivity index is 1.30. The molecule has 0 bridgehead atoms. The molecule has 2 aromatic rings. The molecule has 2 saturated heterocycles. The van der Waals surface area contributed by atoms with Crippen LogP contribution in [-0.4, -0.2) is 71.6 Å². The van der Waals surface area contributed by atoms with Gasteiger partial charge in [-0.15, -0.1) is 0 Å². The number of morpholine rings is 1. The van der Waals surface area contributed by atoms with Crippen LogP contribution < -0.4 is 4.74 Å². The normalized spacial score (nSPS) is 20.5. The molecule has 1 atom stereocenters. The van der Waals surface area contributed by atoms with Crippen LogP contribution in [-0.2, 0) is 9.53 Å². The van der Waals surface area contributed by atoms with Crippen molar-refractivity contribution in [2.24, 2.45) is 0 Å². The van der Waals surface area contributed by atoms with Crippen molar-refractivity contribution in [3.05, 3.63) is 53.6 Å². The number of likely N-dealkylation sites (tertiary alicyclic amines) is 1. The van der Waals surface area contributed by atoms with Gasteiger partial charge in [-0.1, -0.05) is 0 Å². The Kier molecular flexibility index (Phi) is 6.03. The maximum Gasteiger partial charge on any atom is 0.255 e. The highest BCUT2D eigenvalue weighted by molar-refractivity contribution is 5.95. The molecule has 160 valence electrons. The lowest BCUT2D eigenvalue weighted by molar-refractivity contribution is -0.155. The monoisotopic (exact) mass is 415 g/mol. The Bertz CT molecular complexity index is 890. The number of piperidine rings is 1. The van der Waals surface area contributed by atoms with Crippen LogP contribution in [0.5, 0.6) is 5.75 Å². The first kappa shape index (κ1) is 20.4. The van der Waals surface area contributed by atoms with Crippen LogP contribution >= 0.6 is 0 Å². The summed E-state index contributed by atoms with van der Waals surface area (Å²) in [6.45, 7) is 3.90. The number of carbonyl (C=O) groups is 2. The number of hydrogen-bond donors (Lipinski definition) is 1. The third-order valence-corrected chi connectivity index (χ3v) is 5.79. The zero-order valence-corrected chi connectivity index (χ0v) is 17.0. The van der Waals surface area contributed by atoms with Gasteiger partial charge in [-0.3, -0.25) is 9.59 Å². The number of aryl methyl sites for hydroxylation is 1. The van der Waals surface area contributed by atoms with Crippen LogP contribution in [0, 0.1) is 12.7 Å². The number of amides is 2. The quantitative estimate of drug-likeness (QED) is 0.814. The van der Waals surface area contributed by atoms with Crippen LogP contribution in [0.1, 0.15) is 28.9 Å². The standard InChI is InChI=1S/C22H26FN3O4/c1-15-20(6-9-24-15)22(28)25-10-7-17(8-11-25)26-12-19(30-14-21(26)27)13-29-18-4-2-16(23)3-5-18/h2-6,9,17,19,24H,7-8,10-14H2,1H3. The molecule has 2 fully saturated rings. The van der Waals surface area contributed by atoms with E-state index in [0.29, 0.717) is 37.6 Å². The van der Waals surface area contributed by atoms with E-state index in [2.05, 4.69) is 4.98 Å². The van der Waals surface area contributed by atoms with Gasteiger partial charge in [0.25, 0.3) is 5.91 Å². The van der Waals surface area contributed by atoms with Crippen molar-refractivity contribution in [3.8, 4) is 5.75 Å². The van der Waals surface area contributed by atoms with Crippen molar-refractivity contribution in [2.75, 3.05) is 32.8 Å². The molecule has 0 aliphatic carbocycles. The molecule has 0 spiro atoms. The Labute approximate surface area is 174 Å². The lowest BCUT2D eigenvalue weighted by Gasteiger charge is -2.42. The van der Waals surface area contributed by atoms with E-state index >= 15 is 0 Å². The van der Waals surface area contributed by atoms with Crippen LogP contribution in [0.25, 0.3) is 0 Å². The lowest BCUT2D eigenvalue weighted by Crippen LogP contribution is -2.55. The number of aromatic nitrogens is 1. The molecular weight excluding hydrogens is 389 g/mol. The first-order valence-corrected chi connectivity index (χ1v) is 10.2. The summed E-state index contributed by atoms with van der Waals surface area (Å²) in [5, 5.41) is 0. The minimum atomic E-state index is -0.315. The fraction of sp³-hybridized carbons (Fsp3) is 0.455. The summed E-state index contributed by atoms with van der Waals surface area (Å²) in [6, 6.07) is 7.72. The van der Waals surface area contributed by atoms with E-state index < -0.39 is 0 Å². The molecule has 1 aromatic carbocycles. The predicted octanol–water partition coefficient (Wildman–Crippen LogP) is 2.37. The summed E-state index contributed by atoms with van der Waals surface area (Å²) in [6.07, 6.45) is 3.02. The molecule has 0 radical (unpaired) electrons. The topological polar surface area (TPSA) is 74.9 Å². The molecule has 8 heteroatoms. The summed E-state index contributed by atoms with van der Waals surface area (Å²) >= 11 is 0. The largest absolute Gasteiger partial charge is 0.491 e. The van der Waals surface area contributed by atoms with Gasteiger partial charge in [0.15, 0.2) is 0 Å². The average molecular weight is 415 g/mol. The lowest BCUT2D eigenvalue weighted by atomic mass is 10.0. The maximum atomic E-state index is 13.0. The number of nitrogens with one attached hydrogen (secondary N) is 1. The van der Waals surface area contributed by atoms with Crippen LogP contribution in [0.2, 0.25) is 0 Å². The number of benzene rings is 1. The van der Waals surface area contributed by atoms with Crippen molar-refractivity contribution in [1.82, 2.24) is 14.8 Å². The van der Waals surface area contributed by atoms with Gasteiger partial charge < -0.3 is 24.3 Å². The minimum absolute atomic E-state index is 0.0269. The second-order valence-electron chi connectivity index (χ2n) is 7.78. The van der Waals surface area contributed by atoms with Gasteiger partial charge in [-0.2, -0.15) is 0 Å². The zero-order valence-electron chi connectivity index (χ0n) is 17.0. The van der Waals surface area contributed by atoms with Crippen LogP contribution in [0.15, 0.2) is 36.5 Å². The summed E-state index contributed by atoms with van der Waals surface area (Å²) in [7, 11) is 0. The van der Waals surface area contributed by atoms with Gasteiger partial charge in [0.1, 0.15) is 30.9 Å². The number of carbonyl (C=O) groups excluding carboxylic acids is 2. The first-order chi connectivity index (χ1) is 14.5. The Morgan fingerprint density at radius 2 is 1.97 bits per heavy atom. The third kappa shape index (κ3) is 4.48. The summed E-state index contributed by atoms with van der Waals surface area (Å²) in [4.78, 5) is 31.9. The average Bonchev–Trinajstić information content (AvgIpc) is 3.20.